The Balaban J connectivity index is 0.000000141. The molecule has 4 aromatic rings. The Morgan fingerprint density at radius 1 is 0.458 bits per heavy atom. The van der Waals surface area contributed by atoms with Gasteiger partial charge in [-0.3, -0.25) is 0 Å². The second-order valence-corrected chi connectivity index (χ2v) is 7.15. The highest BCUT2D eigenvalue weighted by atomic mass is 32.1. The van der Waals surface area contributed by atoms with E-state index in [0.717, 1.165) is 12.8 Å². The highest BCUT2D eigenvalue weighted by molar-refractivity contribution is 7.08. The Morgan fingerprint density at radius 2 is 0.875 bits per heavy atom. The van der Waals surface area contributed by atoms with Crippen LogP contribution in [0.4, 0.5) is 0 Å². The second-order valence-electron chi connectivity index (χ2n) is 5.59. The van der Waals surface area contributed by atoms with Crippen LogP contribution in [0.2, 0.25) is 0 Å². The summed E-state index contributed by atoms with van der Waals surface area (Å²) < 4.78 is 0. The lowest BCUT2D eigenvalue weighted by molar-refractivity contribution is 1.21. The molecular weight excluding hydrogens is 328 g/mol. The van der Waals surface area contributed by atoms with Gasteiger partial charge >= 0.3 is 0 Å². The summed E-state index contributed by atoms with van der Waals surface area (Å²) in [6, 6.07) is 25.5. The van der Waals surface area contributed by atoms with Crippen molar-refractivity contribution < 1.29 is 0 Å². The minimum absolute atomic E-state index is 1.06. The van der Waals surface area contributed by atoms with Crippen LogP contribution in [0, 0.1) is 0 Å². The van der Waals surface area contributed by atoms with E-state index in [9.17, 15) is 0 Å². The van der Waals surface area contributed by atoms with Gasteiger partial charge in [0.25, 0.3) is 0 Å². The lowest BCUT2D eigenvalue weighted by Gasteiger charge is -1.96. The quantitative estimate of drug-likeness (QED) is 0.386. The van der Waals surface area contributed by atoms with Crippen LogP contribution in [0.25, 0.3) is 0 Å². The van der Waals surface area contributed by atoms with Gasteiger partial charge < -0.3 is 0 Å². The molecule has 0 saturated heterocycles. The monoisotopic (exact) mass is 348 g/mol. The summed E-state index contributed by atoms with van der Waals surface area (Å²) in [6.45, 7) is 0. The first-order valence-corrected chi connectivity index (χ1v) is 9.89. The average Bonchev–Trinajstić information content (AvgIpc) is 3.32. The molecule has 2 aromatic carbocycles. The van der Waals surface area contributed by atoms with Gasteiger partial charge in [-0.1, -0.05) is 60.7 Å². The first-order valence-electron chi connectivity index (χ1n) is 8.00. The molecule has 4 rings (SSSR count). The Kier molecular flexibility index (Phi) is 6.41. The largest absolute Gasteiger partial charge is 0.152 e. The zero-order valence-corrected chi connectivity index (χ0v) is 15.1. The van der Waals surface area contributed by atoms with E-state index < -0.39 is 0 Å². The molecular formula is C22H20S2. The average molecular weight is 349 g/mol. The van der Waals surface area contributed by atoms with Crippen LogP contribution < -0.4 is 0 Å². The van der Waals surface area contributed by atoms with Crippen molar-refractivity contribution in [3.8, 4) is 0 Å². The van der Waals surface area contributed by atoms with Gasteiger partial charge in [0.1, 0.15) is 0 Å². The minimum Gasteiger partial charge on any atom is -0.152 e. The number of hydrogen-bond acceptors (Lipinski definition) is 2. The summed E-state index contributed by atoms with van der Waals surface area (Å²) in [5.41, 5.74) is 5.59. The molecule has 24 heavy (non-hydrogen) atoms. The van der Waals surface area contributed by atoms with Crippen molar-refractivity contribution >= 4 is 22.7 Å². The van der Waals surface area contributed by atoms with E-state index in [1.54, 1.807) is 22.7 Å². The predicted molar refractivity (Wildman–Crippen MR) is 107 cm³/mol. The van der Waals surface area contributed by atoms with Gasteiger partial charge in [0.15, 0.2) is 0 Å². The molecule has 0 aliphatic carbocycles. The number of hydrogen-bond donors (Lipinski definition) is 0. The Hall–Kier alpha value is -2.16. The number of thiophene rings is 2. The van der Waals surface area contributed by atoms with Crippen molar-refractivity contribution in [2.24, 2.45) is 0 Å². The van der Waals surface area contributed by atoms with E-state index in [0.29, 0.717) is 0 Å². The third kappa shape index (κ3) is 5.48. The molecule has 0 N–H and O–H groups in total. The fraction of sp³-hybridized carbons (Fsp3) is 0.0909. The van der Waals surface area contributed by atoms with E-state index >= 15 is 0 Å². The van der Waals surface area contributed by atoms with Gasteiger partial charge in [-0.05, 0) is 68.7 Å². The maximum atomic E-state index is 2.20. The normalized spacial score (nSPS) is 10.0. The minimum atomic E-state index is 1.06. The van der Waals surface area contributed by atoms with E-state index in [1.165, 1.54) is 22.3 Å². The van der Waals surface area contributed by atoms with Crippen molar-refractivity contribution in [2.75, 3.05) is 0 Å². The van der Waals surface area contributed by atoms with Crippen molar-refractivity contribution in [1.29, 1.82) is 0 Å². The summed E-state index contributed by atoms with van der Waals surface area (Å²) in [6.07, 6.45) is 2.12. The van der Waals surface area contributed by atoms with Crippen molar-refractivity contribution in [3.05, 3.63) is 117 Å². The fourth-order valence-corrected chi connectivity index (χ4v) is 3.79. The molecule has 0 spiro atoms. The van der Waals surface area contributed by atoms with E-state index in [4.69, 9.17) is 0 Å². The van der Waals surface area contributed by atoms with Gasteiger partial charge in [0.2, 0.25) is 0 Å². The molecule has 0 aliphatic heterocycles. The fourth-order valence-electron chi connectivity index (χ4n) is 2.45. The highest BCUT2D eigenvalue weighted by Gasteiger charge is 1.94. The third-order valence-corrected chi connectivity index (χ3v) is 5.13. The van der Waals surface area contributed by atoms with Crippen molar-refractivity contribution in [1.82, 2.24) is 0 Å². The summed E-state index contributed by atoms with van der Waals surface area (Å²) >= 11 is 3.52. The molecule has 0 fully saturated rings. The maximum Gasteiger partial charge on any atom is -0.00175 e. The summed E-state index contributed by atoms with van der Waals surface area (Å²) in [5, 5.41) is 8.65. The lowest BCUT2D eigenvalue weighted by Crippen LogP contribution is -1.82. The molecule has 120 valence electrons. The van der Waals surface area contributed by atoms with Crippen LogP contribution in [0.3, 0.4) is 0 Å². The van der Waals surface area contributed by atoms with Gasteiger partial charge in [-0.25, -0.2) is 0 Å². The van der Waals surface area contributed by atoms with Crippen LogP contribution in [-0.2, 0) is 12.8 Å². The molecule has 2 heteroatoms. The van der Waals surface area contributed by atoms with Crippen LogP contribution in [0.15, 0.2) is 94.3 Å². The molecule has 0 saturated carbocycles. The standard InChI is InChI=1S/2C11H10S/c2*1-2-4-10(5-3-1)8-11-6-7-12-9-11/h2*1-7,9H,8H2. The maximum absolute atomic E-state index is 2.20. The van der Waals surface area contributed by atoms with Gasteiger partial charge in [0.05, 0.1) is 0 Å². The molecule has 2 aromatic heterocycles. The number of rotatable bonds is 4. The van der Waals surface area contributed by atoms with E-state index in [-0.39, 0.29) is 0 Å². The van der Waals surface area contributed by atoms with Crippen LogP contribution in [0.1, 0.15) is 22.3 Å². The topological polar surface area (TPSA) is 0 Å². The molecule has 0 aliphatic rings. The van der Waals surface area contributed by atoms with E-state index in [1.807, 2.05) is 0 Å². The van der Waals surface area contributed by atoms with Crippen LogP contribution in [0.5, 0.6) is 0 Å². The predicted octanol–water partition coefficient (Wildman–Crippen LogP) is 6.68. The molecule has 0 radical (unpaired) electrons. The Labute approximate surface area is 152 Å². The van der Waals surface area contributed by atoms with Gasteiger partial charge in [-0.2, -0.15) is 22.7 Å². The van der Waals surface area contributed by atoms with Crippen LogP contribution >= 0.6 is 22.7 Å². The zero-order valence-electron chi connectivity index (χ0n) is 13.5. The van der Waals surface area contributed by atoms with Crippen molar-refractivity contribution in [3.63, 3.8) is 0 Å². The molecule has 0 amide bonds. The highest BCUT2D eigenvalue weighted by Crippen LogP contribution is 2.12. The van der Waals surface area contributed by atoms with Crippen LogP contribution in [-0.4, -0.2) is 0 Å². The molecule has 2 heterocycles. The lowest BCUT2D eigenvalue weighted by atomic mass is 10.1. The summed E-state index contributed by atoms with van der Waals surface area (Å²) in [4.78, 5) is 0. The first kappa shape index (κ1) is 16.7. The van der Waals surface area contributed by atoms with E-state index in [2.05, 4.69) is 94.3 Å². The zero-order chi connectivity index (χ0) is 16.5. The number of benzene rings is 2. The Morgan fingerprint density at radius 3 is 1.21 bits per heavy atom. The molecule has 0 bridgehead atoms. The smallest absolute Gasteiger partial charge is 0.00175 e. The first-order chi connectivity index (χ1) is 11.9. The third-order valence-electron chi connectivity index (χ3n) is 3.66. The van der Waals surface area contributed by atoms with Gasteiger partial charge in [-0.15, -0.1) is 0 Å². The second kappa shape index (κ2) is 9.21. The SMILES string of the molecule is c1ccc(Cc2ccsc2)cc1.c1ccc(Cc2ccsc2)cc1. The molecule has 0 atom stereocenters. The summed E-state index contributed by atoms with van der Waals surface area (Å²) in [5.74, 6) is 0. The van der Waals surface area contributed by atoms with Gasteiger partial charge in [0, 0.05) is 0 Å². The summed E-state index contributed by atoms with van der Waals surface area (Å²) in [7, 11) is 0. The molecule has 0 unspecified atom stereocenters. The van der Waals surface area contributed by atoms with Crippen molar-refractivity contribution in [2.45, 2.75) is 12.8 Å². The molecule has 0 nitrogen and oxygen atoms in total. The Bertz CT molecular complexity index is 714.